The molecule has 0 aliphatic carbocycles. The molecule has 2 rings (SSSR count). The molecule has 0 radical (unpaired) electrons. The number of carbonyl (C=O) groups is 2. The average molecular weight is 305 g/mol. The molecule has 120 valence electrons. The van der Waals surface area contributed by atoms with E-state index >= 15 is 0 Å². The SMILES string of the molecule is CCN(c1ccc(C(=O)N2CCC(C(=O)O)C2)cn1)C(C)C. The van der Waals surface area contributed by atoms with Crippen molar-refractivity contribution in [2.24, 2.45) is 5.92 Å². The van der Waals surface area contributed by atoms with Gasteiger partial charge in [0.05, 0.1) is 11.5 Å². The number of rotatable bonds is 5. The smallest absolute Gasteiger partial charge is 0.308 e. The summed E-state index contributed by atoms with van der Waals surface area (Å²) in [5.74, 6) is -0.582. The normalized spacial score (nSPS) is 17.8. The third-order valence-corrected chi connectivity index (χ3v) is 4.08. The first kappa shape index (κ1) is 16.3. The number of anilines is 1. The highest BCUT2D eigenvalue weighted by atomic mass is 16.4. The molecule has 1 amide bonds. The number of carbonyl (C=O) groups excluding carboxylic acids is 1. The Hall–Kier alpha value is -2.11. The van der Waals surface area contributed by atoms with Gasteiger partial charge in [0.25, 0.3) is 5.91 Å². The highest BCUT2D eigenvalue weighted by molar-refractivity contribution is 5.94. The third-order valence-electron chi connectivity index (χ3n) is 4.08. The van der Waals surface area contributed by atoms with E-state index in [-0.39, 0.29) is 12.5 Å². The van der Waals surface area contributed by atoms with Gasteiger partial charge in [-0.1, -0.05) is 0 Å². The molecule has 1 aromatic rings. The fourth-order valence-corrected chi connectivity index (χ4v) is 2.80. The molecule has 2 heterocycles. The van der Waals surface area contributed by atoms with Gasteiger partial charge in [0.15, 0.2) is 0 Å². The zero-order valence-electron chi connectivity index (χ0n) is 13.3. The van der Waals surface area contributed by atoms with Crippen molar-refractivity contribution >= 4 is 17.7 Å². The first-order valence-electron chi connectivity index (χ1n) is 7.68. The Bertz CT molecular complexity index is 542. The highest BCUT2D eigenvalue weighted by Crippen LogP contribution is 2.20. The van der Waals surface area contributed by atoms with E-state index in [2.05, 4.69) is 30.7 Å². The Morgan fingerprint density at radius 1 is 1.45 bits per heavy atom. The minimum absolute atomic E-state index is 0.143. The van der Waals surface area contributed by atoms with Crippen LogP contribution in [0.25, 0.3) is 0 Å². The predicted molar refractivity (Wildman–Crippen MR) is 84.0 cm³/mol. The second-order valence-corrected chi connectivity index (χ2v) is 5.86. The first-order chi connectivity index (χ1) is 10.4. The van der Waals surface area contributed by atoms with E-state index in [4.69, 9.17) is 5.11 Å². The van der Waals surface area contributed by atoms with Gasteiger partial charge in [0, 0.05) is 31.9 Å². The van der Waals surface area contributed by atoms with Gasteiger partial charge in [0.2, 0.25) is 0 Å². The molecule has 22 heavy (non-hydrogen) atoms. The largest absolute Gasteiger partial charge is 0.481 e. The number of amides is 1. The molecular weight excluding hydrogens is 282 g/mol. The van der Waals surface area contributed by atoms with Crippen LogP contribution in [0.5, 0.6) is 0 Å². The van der Waals surface area contributed by atoms with Gasteiger partial charge < -0.3 is 14.9 Å². The summed E-state index contributed by atoms with van der Waals surface area (Å²) in [7, 11) is 0. The Labute approximate surface area is 130 Å². The maximum Gasteiger partial charge on any atom is 0.308 e. The molecule has 0 saturated carbocycles. The number of likely N-dealkylation sites (tertiary alicyclic amines) is 1. The van der Waals surface area contributed by atoms with Crippen LogP contribution in [0.1, 0.15) is 37.6 Å². The van der Waals surface area contributed by atoms with E-state index in [1.165, 1.54) is 0 Å². The molecule has 0 aromatic carbocycles. The highest BCUT2D eigenvalue weighted by Gasteiger charge is 2.31. The second-order valence-electron chi connectivity index (χ2n) is 5.86. The summed E-state index contributed by atoms with van der Waals surface area (Å²) in [6, 6.07) is 3.96. The molecule has 1 atom stereocenters. The number of aliphatic carboxylic acids is 1. The molecule has 6 heteroatoms. The van der Waals surface area contributed by atoms with Crippen LogP contribution < -0.4 is 4.90 Å². The summed E-state index contributed by atoms with van der Waals surface area (Å²) in [5.41, 5.74) is 0.509. The Morgan fingerprint density at radius 3 is 2.64 bits per heavy atom. The third kappa shape index (κ3) is 3.37. The molecule has 1 saturated heterocycles. The average Bonchev–Trinajstić information content (AvgIpc) is 2.97. The number of pyridine rings is 1. The van der Waals surface area contributed by atoms with E-state index in [1.807, 2.05) is 6.07 Å². The van der Waals surface area contributed by atoms with Crippen molar-refractivity contribution < 1.29 is 14.7 Å². The fourth-order valence-electron chi connectivity index (χ4n) is 2.80. The lowest BCUT2D eigenvalue weighted by Gasteiger charge is -2.26. The van der Waals surface area contributed by atoms with Gasteiger partial charge in [-0.05, 0) is 39.3 Å². The molecular formula is C16H23N3O3. The van der Waals surface area contributed by atoms with Gasteiger partial charge >= 0.3 is 5.97 Å². The minimum Gasteiger partial charge on any atom is -0.481 e. The summed E-state index contributed by atoms with van der Waals surface area (Å²) < 4.78 is 0. The Balaban J connectivity index is 2.07. The van der Waals surface area contributed by atoms with Crippen LogP contribution in [-0.4, -0.2) is 52.5 Å². The molecule has 0 bridgehead atoms. The fraction of sp³-hybridized carbons (Fsp3) is 0.562. The Morgan fingerprint density at radius 2 is 2.18 bits per heavy atom. The number of carboxylic acid groups (broad SMARTS) is 1. The zero-order valence-corrected chi connectivity index (χ0v) is 13.3. The van der Waals surface area contributed by atoms with Crippen LogP contribution in [0.4, 0.5) is 5.82 Å². The first-order valence-corrected chi connectivity index (χ1v) is 7.68. The minimum atomic E-state index is -0.834. The number of aromatic nitrogens is 1. The van der Waals surface area contributed by atoms with Crippen molar-refractivity contribution in [3.63, 3.8) is 0 Å². The van der Waals surface area contributed by atoms with Crippen molar-refractivity contribution in [2.75, 3.05) is 24.5 Å². The molecule has 1 aliphatic heterocycles. The van der Waals surface area contributed by atoms with Crippen LogP contribution in [0.2, 0.25) is 0 Å². The van der Waals surface area contributed by atoms with Crippen molar-refractivity contribution in [1.82, 2.24) is 9.88 Å². The number of carboxylic acids is 1. The molecule has 0 spiro atoms. The zero-order chi connectivity index (χ0) is 16.3. The molecule has 1 N–H and O–H groups in total. The van der Waals surface area contributed by atoms with Crippen molar-refractivity contribution in [3.8, 4) is 0 Å². The molecule has 1 aliphatic rings. The van der Waals surface area contributed by atoms with Crippen LogP contribution in [0, 0.1) is 5.92 Å². The van der Waals surface area contributed by atoms with E-state index < -0.39 is 11.9 Å². The maximum absolute atomic E-state index is 12.4. The van der Waals surface area contributed by atoms with Crippen molar-refractivity contribution in [3.05, 3.63) is 23.9 Å². The summed E-state index contributed by atoms with van der Waals surface area (Å²) >= 11 is 0. The molecule has 1 unspecified atom stereocenters. The number of hydrogen-bond acceptors (Lipinski definition) is 4. The predicted octanol–water partition coefficient (Wildman–Crippen LogP) is 1.86. The van der Waals surface area contributed by atoms with E-state index in [0.29, 0.717) is 24.6 Å². The maximum atomic E-state index is 12.4. The van der Waals surface area contributed by atoms with Crippen LogP contribution in [0.15, 0.2) is 18.3 Å². The van der Waals surface area contributed by atoms with Crippen molar-refractivity contribution in [1.29, 1.82) is 0 Å². The van der Waals surface area contributed by atoms with Crippen LogP contribution in [0.3, 0.4) is 0 Å². The quantitative estimate of drug-likeness (QED) is 0.899. The van der Waals surface area contributed by atoms with Crippen LogP contribution >= 0.6 is 0 Å². The summed E-state index contributed by atoms with van der Waals surface area (Å²) in [6.45, 7) is 7.88. The van der Waals surface area contributed by atoms with E-state index in [0.717, 1.165) is 12.4 Å². The molecule has 1 aromatic heterocycles. The van der Waals surface area contributed by atoms with E-state index in [9.17, 15) is 9.59 Å². The summed E-state index contributed by atoms with van der Waals surface area (Å²) in [4.78, 5) is 31.5. The van der Waals surface area contributed by atoms with Gasteiger partial charge in [-0.15, -0.1) is 0 Å². The lowest BCUT2D eigenvalue weighted by atomic mass is 10.1. The lowest BCUT2D eigenvalue weighted by Crippen LogP contribution is -2.32. The second kappa shape index (κ2) is 6.77. The van der Waals surface area contributed by atoms with Gasteiger partial charge in [-0.2, -0.15) is 0 Å². The lowest BCUT2D eigenvalue weighted by molar-refractivity contribution is -0.141. The van der Waals surface area contributed by atoms with Gasteiger partial charge in [0.1, 0.15) is 5.82 Å². The summed E-state index contributed by atoms with van der Waals surface area (Å²) in [6.07, 6.45) is 2.10. The Kier molecular flexibility index (Phi) is 5.00. The summed E-state index contributed by atoms with van der Waals surface area (Å²) in [5, 5.41) is 9.00. The monoisotopic (exact) mass is 305 g/mol. The van der Waals surface area contributed by atoms with Gasteiger partial charge in [-0.3, -0.25) is 9.59 Å². The number of nitrogens with zero attached hydrogens (tertiary/aromatic N) is 3. The molecule has 6 nitrogen and oxygen atoms in total. The number of hydrogen-bond donors (Lipinski definition) is 1. The van der Waals surface area contributed by atoms with Gasteiger partial charge in [-0.25, -0.2) is 4.98 Å². The van der Waals surface area contributed by atoms with Crippen LogP contribution in [-0.2, 0) is 4.79 Å². The van der Waals surface area contributed by atoms with E-state index in [1.54, 1.807) is 17.2 Å². The molecule has 1 fully saturated rings. The standard InChI is InChI=1S/C16H23N3O3/c1-4-19(11(2)3)14-6-5-12(9-17-14)15(20)18-8-7-13(10-18)16(21)22/h5-6,9,11,13H,4,7-8,10H2,1-3H3,(H,21,22). The van der Waals surface area contributed by atoms with Crippen molar-refractivity contribution in [2.45, 2.75) is 33.2 Å². The topological polar surface area (TPSA) is 73.7 Å².